The molecule has 1 saturated heterocycles. The van der Waals surface area contributed by atoms with E-state index in [1.807, 2.05) is 24.3 Å². The molecule has 0 aliphatic carbocycles. The van der Waals surface area contributed by atoms with Crippen LogP contribution in [0.3, 0.4) is 0 Å². The average molecular weight is 451 g/mol. The Morgan fingerprint density at radius 1 is 1.12 bits per heavy atom. The molecule has 0 spiro atoms. The Kier molecular flexibility index (Phi) is 7.70. The van der Waals surface area contributed by atoms with Crippen molar-refractivity contribution in [2.45, 2.75) is 51.7 Å². The quantitative estimate of drug-likeness (QED) is 0.378. The van der Waals surface area contributed by atoms with Gasteiger partial charge in [0, 0.05) is 18.9 Å². The van der Waals surface area contributed by atoms with Crippen molar-refractivity contribution in [1.29, 1.82) is 0 Å². The second-order valence-electron chi connectivity index (χ2n) is 8.55. The van der Waals surface area contributed by atoms with Gasteiger partial charge in [-0.05, 0) is 62.5 Å². The Balaban J connectivity index is 1.21. The number of aromatic nitrogens is 2. The molecule has 2 N–H and O–H groups in total. The van der Waals surface area contributed by atoms with Crippen molar-refractivity contribution >= 4 is 5.91 Å². The summed E-state index contributed by atoms with van der Waals surface area (Å²) in [5.74, 6) is 1.83. The van der Waals surface area contributed by atoms with E-state index >= 15 is 0 Å². The highest BCUT2D eigenvalue weighted by Crippen LogP contribution is 2.27. The fraction of sp³-hybridized carbons (Fsp3) is 0.400. The van der Waals surface area contributed by atoms with E-state index < -0.39 is 5.91 Å². The standard InChI is InChI=1S/C25H30N4O4/c1-18-2-4-20(5-3-18)16-29-14-12-21(13-15-29)25-26-24(33-28-25)17-32-22-9-6-19(7-10-22)8-11-23(30)27-31/h2-7,9-10,21,31H,8,11-17H2,1H3,(H,27,30). The predicted molar refractivity (Wildman–Crippen MR) is 122 cm³/mol. The van der Waals surface area contributed by atoms with E-state index in [9.17, 15) is 4.79 Å². The van der Waals surface area contributed by atoms with Crippen LogP contribution in [-0.2, 0) is 24.4 Å². The molecule has 1 aliphatic heterocycles. The summed E-state index contributed by atoms with van der Waals surface area (Å²) in [6, 6.07) is 16.2. The zero-order valence-electron chi connectivity index (χ0n) is 18.9. The number of piperidine rings is 1. The van der Waals surface area contributed by atoms with Crippen molar-refractivity contribution in [3.63, 3.8) is 0 Å². The van der Waals surface area contributed by atoms with Crippen molar-refractivity contribution in [1.82, 2.24) is 20.5 Å². The molecule has 0 bridgehead atoms. The molecule has 8 nitrogen and oxygen atoms in total. The van der Waals surface area contributed by atoms with Crippen molar-refractivity contribution in [2.24, 2.45) is 0 Å². The van der Waals surface area contributed by atoms with Crippen LogP contribution in [0.5, 0.6) is 5.75 Å². The number of benzene rings is 2. The lowest BCUT2D eigenvalue weighted by atomic mass is 9.96. The number of hydrogen-bond acceptors (Lipinski definition) is 7. The molecule has 1 amide bonds. The second-order valence-corrected chi connectivity index (χ2v) is 8.55. The maximum Gasteiger partial charge on any atom is 0.264 e. The Morgan fingerprint density at radius 3 is 2.52 bits per heavy atom. The van der Waals surface area contributed by atoms with E-state index in [1.54, 1.807) is 5.48 Å². The normalized spacial score (nSPS) is 14.8. The number of hydroxylamine groups is 1. The largest absolute Gasteiger partial charge is 0.484 e. The number of nitrogens with zero attached hydrogens (tertiary/aromatic N) is 3. The molecule has 0 atom stereocenters. The van der Waals surface area contributed by atoms with Crippen LogP contribution in [0.1, 0.15) is 53.6 Å². The Bertz CT molecular complexity index is 1030. The SMILES string of the molecule is Cc1ccc(CN2CCC(c3noc(COc4ccc(CCC(=O)NO)cc4)n3)CC2)cc1. The number of likely N-dealkylation sites (tertiary alicyclic amines) is 1. The van der Waals surface area contributed by atoms with Gasteiger partial charge in [-0.25, -0.2) is 5.48 Å². The van der Waals surface area contributed by atoms with E-state index in [-0.39, 0.29) is 13.0 Å². The van der Waals surface area contributed by atoms with Gasteiger partial charge >= 0.3 is 0 Å². The minimum atomic E-state index is -0.403. The molecule has 8 heteroatoms. The lowest BCUT2D eigenvalue weighted by Crippen LogP contribution is -2.32. The Labute approximate surface area is 193 Å². The molecule has 0 saturated carbocycles. The highest BCUT2D eigenvalue weighted by atomic mass is 16.5. The summed E-state index contributed by atoms with van der Waals surface area (Å²) in [5.41, 5.74) is 5.26. The van der Waals surface area contributed by atoms with Gasteiger partial charge in [0.05, 0.1) is 0 Å². The molecule has 174 valence electrons. The van der Waals surface area contributed by atoms with Crippen LogP contribution in [0.2, 0.25) is 0 Å². The number of nitrogens with one attached hydrogen (secondary N) is 1. The van der Waals surface area contributed by atoms with E-state index in [1.165, 1.54) is 11.1 Å². The van der Waals surface area contributed by atoms with Gasteiger partial charge in [0.1, 0.15) is 5.75 Å². The topological polar surface area (TPSA) is 101 Å². The third-order valence-corrected chi connectivity index (χ3v) is 6.01. The number of carbonyl (C=O) groups is 1. The second kappa shape index (κ2) is 11.1. The maximum absolute atomic E-state index is 11.1. The minimum absolute atomic E-state index is 0.214. The minimum Gasteiger partial charge on any atom is -0.484 e. The lowest BCUT2D eigenvalue weighted by Gasteiger charge is -2.30. The van der Waals surface area contributed by atoms with Crippen LogP contribution in [-0.4, -0.2) is 39.2 Å². The maximum atomic E-state index is 11.1. The first-order valence-corrected chi connectivity index (χ1v) is 11.3. The van der Waals surface area contributed by atoms with Crippen molar-refractivity contribution in [3.05, 3.63) is 76.9 Å². The van der Waals surface area contributed by atoms with Gasteiger partial charge in [-0.3, -0.25) is 14.9 Å². The zero-order chi connectivity index (χ0) is 23.0. The molecule has 4 rings (SSSR count). The molecule has 2 heterocycles. The molecule has 0 radical (unpaired) electrons. The van der Waals surface area contributed by atoms with Gasteiger partial charge in [-0.2, -0.15) is 4.98 Å². The smallest absolute Gasteiger partial charge is 0.264 e. The van der Waals surface area contributed by atoms with E-state index in [0.29, 0.717) is 24.0 Å². The van der Waals surface area contributed by atoms with E-state index in [2.05, 4.69) is 46.2 Å². The van der Waals surface area contributed by atoms with Crippen LogP contribution in [0.25, 0.3) is 0 Å². The van der Waals surface area contributed by atoms with Gasteiger partial charge < -0.3 is 9.26 Å². The molecule has 1 aliphatic rings. The molecule has 3 aromatic rings. The Morgan fingerprint density at radius 2 is 1.82 bits per heavy atom. The molecular formula is C25H30N4O4. The summed E-state index contributed by atoms with van der Waals surface area (Å²) >= 11 is 0. The first-order chi connectivity index (χ1) is 16.1. The van der Waals surface area contributed by atoms with Gasteiger partial charge in [0.15, 0.2) is 12.4 Å². The summed E-state index contributed by atoms with van der Waals surface area (Å²) in [7, 11) is 0. The fourth-order valence-corrected chi connectivity index (χ4v) is 4.00. The zero-order valence-corrected chi connectivity index (χ0v) is 18.9. The highest BCUT2D eigenvalue weighted by molar-refractivity contribution is 5.74. The van der Waals surface area contributed by atoms with E-state index in [4.69, 9.17) is 14.5 Å². The number of carbonyl (C=O) groups excluding carboxylic acids is 1. The summed E-state index contributed by atoms with van der Waals surface area (Å²) < 4.78 is 11.2. The van der Waals surface area contributed by atoms with Gasteiger partial charge in [-0.15, -0.1) is 0 Å². The number of hydrogen-bond donors (Lipinski definition) is 2. The van der Waals surface area contributed by atoms with Crippen molar-refractivity contribution < 1.29 is 19.3 Å². The van der Waals surface area contributed by atoms with Gasteiger partial charge in [-0.1, -0.05) is 47.1 Å². The summed E-state index contributed by atoms with van der Waals surface area (Å²) in [5, 5.41) is 12.7. The van der Waals surface area contributed by atoms with Crippen LogP contribution in [0, 0.1) is 6.92 Å². The molecular weight excluding hydrogens is 420 g/mol. The number of ether oxygens (including phenoxy) is 1. The summed E-state index contributed by atoms with van der Waals surface area (Å²) in [4.78, 5) is 18.1. The third-order valence-electron chi connectivity index (χ3n) is 6.01. The third kappa shape index (κ3) is 6.63. The lowest BCUT2D eigenvalue weighted by molar-refractivity contribution is -0.129. The Hall–Kier alpha value is -3.23. The van der Waals surface area contributed by atoms with E-state index in [0.717, 1.165) is 43.9 Å². The first kappa shape index (κ1) is 22.9. The van der Waals surface area contributed by atoms with Crippen LogP contribution < -0.4 is 10.2 Å². The molecule has 1 aromatic heterocycles. The molecule has 1 fully saturated rings. The number of aryl methyl sites for hydroxylation is 2. The van der Waals surface area contributed by atoms with Crippen molar-refractivity contribution in [3.8, 4) is 5.75 Å². The first-order valence-electron chi connectivity index (χ1n) is 11.3. The molecule has 2 aromatic carbocycles. The predicted octanol–water partition coefficient (Wildman–Crippen LogP) is 3.77. The fourth-order valence-electron chi connectivity index (χ4n) is 4.00. The highest BCUT2D eigenvalue weighted by Gasteiger charge is 2.24. The van der Waals surface area contributed by atoms with Crippen LogP contribution >= 0.6 is 0 Å². The number of amides is 1. The molecule has 0 unspecified atom stereocenters. The number of rotatable bonds is 9. The average Bonchev–Trinajstić information content (AvgIpc) is 3.33. The van der Waals surface area contributed by atoms with Crippen molar-refractivity contribution in [2.75, 3.05) is 13.1 Å². The monoisotopic (exact) mass is 450 g/mol. The molecule has 33 heavy (non-hydrogen) atoms. The van der Waals surface area contributed by atoms with Crippen LogP contribution in [0.4, 0.5) is 0 Å². The van der Waals surface area contributed by atoms with Gasteiger partial charge in [0.2, 0.25) is 5.91 Å². The van der Waals surface area contributed by atoms with Crippen LogP contribution in [0.15, 0.2) is 53.1 Å². The summed E-state index contributed by atoms with van der Waals surface area (Å²) in [6.07, 6.45) is 2.80. The summed E-state index contributed by atoms with van der Waals surface area (Å²) in [6.45, 7) is 5.34. The van der Waals surface area contributed by atoms with Gasteiger partial charge in [0.25, 0.3) is 5.89 Å².